The van der Waals surface area contributed by atoms with Crippen molar-refractivity contribution in [2.75, 3.05) is 0 Å². The number of hydrogen-bond donors (Lipinski definition) is 0. The minimum Gasteiger partial charge on any atom is -0.293 e. The Labute approximate surface area is 121 Å². The van der Waals surface area contributed by atoms with E-state index in [1.165, 1.54) is 50.1 Å². The lowest BCUT2D eigenvalue weighted by Crippen LogP contribution is -2.01. The quantitative estimate of drug-likeness (QED) is 0.432. The fourth-order valence-corrected chi connectivity index (χ4v) is 2.85. The topological polar surface area (TPSA) is 42.9 Å². The van der Waals surface area contributed by atoms with Gasteiger partial charge in [0.15, 0.2) is 5.78 Å². The molecule has 108 valence electrons. The van der Waals surface area contributed by atoms with Gasteiger partial charge in [0, 0.05) is 6.42 Å². The highest BCUT2D eigenvalue weighted by Gasteiger charge is 2.14. The van der Waals surface area contributed by atoms with Crippen LogP contribution in [0.5, 0.6) is 0 Å². The van der Waals surface area contributed by atoms with Gasteiger partial charge in [-0.3, -0.25) is 4.79 Å². The van der Waals surface area contributed by atoms with E-state index in [4.69, 9.17) is 0 Å². The second-order valence-electron chi connectivity index (χ2n) is 5.09. The molecule has 0 saturated heterocycles. The molecule has 0 bridgehead atoms. The lowest BCUT2D eigenvalue weighted by Gasteiger charge is -2.01. The lowest BCUT2D eigenvalue weighted by atomic mass is 10.1. The van der Waals surface area contributed by atoms with Gasteiger partial charge in [-0.05, 0) is 24.4 Å². The normalized spacial score (nSPS) is 10.8. The molecule has 0 amide bonds. The molecule has 0 aliphatic heterocycles. The molecule has 0 radical (unpaired) electrons. The summed E-state index contributed by atoms with van der Waals surface area (Å²) in [6.07, 6.45) is 11.3. The van der Waals surface area contributed by atoms with E-state index in [1.807, 2.05) is 0 Å². The molecule has 0 aliphatic rings. The Morgan fingerprint density at radius 1 is 1.00 bits per heavy atom. The van der Waals surface area contributed by atoms with E-state index in [9.17, 15) is 4.79 Å². The van der Waals surface area contributed by atoms with Gasteiger partial charge in [-0.25, -0.2) is 0 Å². The number of carbonyl (C=O) groups is 1. The minimum absolute atomic E-state index is 0.243. The first kappa shape index (κ1) is 16.3. The smallest absolute Gasteiger partial charge is 0.176 e. The highest BCUT2D eigenvalue weighted by atomic mass is 32.1. The number of aryl methyl sites for hydroxylation is 1. The average molecular weight is 282 g/mol. The van der Waals surface area contributed by atoms with Crippen LogP contribution in [0.2, 0.25) is 0 Å². The largest absolute Gasteiger partial charge is 0.293 e. The summed E-state index contributed by atoms with van der Waals surface area (Å²) in [6.45, 7) is 4.33. The molecule has 0 aliphatic carbocycles. The third-order valence-electron chi connectivity index (χ3n) is 3.30. The molecule has 1 heterocycles. The molecule has 1 aromatic rings. The van der Waals surface area contributed by atoms with E-state index in [2.05, 4.69) is 23.4 Å². The van der Waals surface area contributed by atoms with E-state index < -0.39 is 0 Å². The van der Waals surface area contributed by atoms with E-state index in [1.54, 1.807) is 0 Å². The summed E-state index contributed by atoms with van der Waals surface area (Å²) < 4.78 is 3.91. The van der Waals surface area contributed by atoms with Crippen LogP contribution in [-0.4, -0.2) is 15.4 Å². The highest BCUT2D eigenvalue weighted by Crippen LogP contribution is 2.17. The Balaban J connectivity index is 2.18. The van der Waals surface area contributed by atoms with E-state index in [0.717, 1.165) is 29.8 Å². The van der Waals surface area contributed by atoms with Crippen LogP contribution in [0.15, 0.2) is 0 Å². The van der Waals surface area contributed by atoms with Gasteiger partial charge in [0.05, 0.1) is 5.69 Å². The van der Waals surface area contributed by atoms with Crippen LogP contribution in [0.1, 0.15) is 87.0 Å². The number of aromatic nitrogens is 2. The van der Waals surface area contributed by atoms with Crippen molar-refractivity contribution in [2.45, 2.75) is 78.1 Å². The number of unbranched alkanes of at least 4 members (excludes halogenated alkanes) is 6. The van der Waals surface area contributed by atoms with E-state index >= 15 is 0 Å². The van der Waals surface area contributed by atoms with Crippen molar-refractivity contribution in [2.24, 2.45) is 0 Å². The number of nitrogens with zero attached hydrogens (tertiary/aromatic N) is 2. The summed E-state index contributed by atoms with van der Waals surface area (Å²) in [7, 11) is 0. The van der Waals surface area contributed by atoms with Crippen LogP contribution in [0.4, 0.5) is 0 Å². The fourth-order valence-electron chi connectivity index (χ4n) is 2.18. The van der Waals surface area contributed by atoms with E-state index in [0.29, 0.717) is 6.42 Å². The molecular formula is C15H26N2OS. The summed E-state index contributed by atoms with van der Waals surface area (Å²) in [4.78, 5) is 12.9. The number of rotatable bonds is 11. The molecule has 0 atom stereocenters. The number of Topliss-reactive ketones (excluding diaryl/α,β-unsaturated/α-hetero) is 1. The Kier molecular flexibility index (Phi) is 8.63. The molecule has 19 heavy (non-hydrogen) atoms. The van der Waals surface area contributed by atoms with Gasteiger partial charge in [0.1, 0.15) is 4.88 Å². The van der Waals surface area contributed by atoms with Gasteiger partial charge in [-0.1, -0.05) is 63.3 Å². The van der Waals surface area contributed by atoms with Gasteiger partial charge >= 0.3 is 0 Å². The third-order valence-corrected chi connectivity index (χ3v) is 4.11. The summed E-state index contributed by atoms with van der Waals surface area (Å²) in [6, 6.07) is 0. The maximum absolute atomic E-state index is 12.1. The molecule has 1 aromatic heterocycles. The standard InChI is InChI=1S/C15H26N2OS/c1-3-5-6-7-8-9-10-12-14(18)15-13(11-4-2)16-17-19-15/h3-12H2,1-2H3. The molecule has 3 nitrogen and oxygen atoms in total. The maximum Gasteiger partial charge on any atom is 0.176 e. The zero-order chi connectivity index (χ0) is 13.9. The van der Waals surface area contributed by atoms with Crippen molar-refractivity contribution < 1.29 is 4.79 Å². The number of carbonyl (C=O) groups excluding carboxylic acids is 1. The predicted molar refractivity (Wildman–Crippen MR) is 80.8 cm³/mol. The zero-order valence-electron chi connectivity index (χ0n) is 12.3. The maximum atomic E-state index is 12.1. The highest BCUT2D eigenvalue weighted by molar-refractivity contribution is 7.08. The van der Waals surface area contributed by atoms with Gasteiger partial charge in [0.2, 0.25) is 0 Å². The van der Waals surface area contributed by atoms with Gasteiger partial charge in [0.25, 0.3) is 0 Å². The SMILES string of the molecule is CCCCCCCCCC(=O)c1snnc1CCC. The van der Waals surface area contributed by atoms with Crippen LogP contribution in [-0.2, 0) is 6.42 Å². The zero-order valence-corrected chi connectivity index (χ0v) is 13.1. The van der Waals surface area contributed by atoms with Crippen LogP contribution >= 0.6 is 11.5 Å². The first-order chi connectivity index (χ1) is 9.29. The molecule has 4 heteroatoms. The molecule has 0 spiro atoms. The van der Waals surface area contributed by atoms with Crippen molar-refractivity contribution in [3.05, 3.63) is 10.6 Å². The van der Waals surface area contributed by atoms with Crippen molar-refractivity contribution >= 4 is 17.3 Å². The minimum atomic E-state index is 0.243. The second-order valence-corrected chi connectivity index (χ2v) is 5.85. The molecule has 0 fully saturated rings. The monoisotopic (exact) mass is 282 g/mol. The summed E-state index contributed by atoms with van der Waals surface area (Å²) >= 11 is 1.26. The summed E-state index contributed by atoms with van der Waals surface area (Å²) in [5.74, 6) is 0.243. The van der Waals surface area contributed by atoms with Gasteiger partial charge in [-0.15, -0.1) is 5.10 Å². The molecule has 0 N–H and O–H groups in total. The molecule has 0 aromatic carbocycles. The average Bonchev–Trinajstić information content (AvgIpc) is 2.86. The Bertz CT molecular complexity index is 363. The Morgan fingerprint density at radius 2 is 1.68 bits per heavy atom. The second kappa shape index (κ2) is 10.1. The lowest BCUT2D eigenvalue weighted by molar-refractivity contribution is 0.0982. The van der Waals surface area contributed by atoms with Crippen LogP contribution in [0.3, 0.4) is 0 Å². The van der Waals surface area contributed by atoms with Crippen LogP contribution in [0, 0.1) is 0 Å². The molecular weight excluding hydrogens is 256 g/mol. The summed E-state index contributed by atoms with van der Waals surface area (Å²) in [5, 5.41) is 4.05. The van der Waals surface area contributed by atoms with Crippen molar-refractivity contribution in [3.8, 4) is 0 Å². The van der Waals surface area contributed by atoms with Crippen LogP contribution < -0.4 is 0 Å². The van der Waals surface area contributed by atoms with Crippen molar-refractivity contribution in [1.29, 1.82) is 0 Å². The predicted octanol–water partition coefficient (Wildman–Crippen LogP) is 4.81. The van der Waals surface area contributed by atoms with E-state index in [-0.39, 0.29) is 5.78 Å². The number of ketones is 1. The molecule has 1 rings (SSSR count). The molecule has 0 saturated carbocycles. The summed E-state index contributed by atoms with van der Waals surface area (Å²) in [5.41, 5.74) is 0.903. The van der Waals surface area contributed by atoms with Crippen molar-refractivity contribution in [1.82, 2.24) is 9.59 Å². The Morgan fingerprint density at radius 3 is 2.37 bits per heavy atom. The van der Waals surface area contributed by atoms with Gasteiger partial charge < -0.3 is 0 Å². The first-order valence-corrected chi connectivity index (χ1v) is 8.41. The molecule has 0 unspecified atom stereocenters. The van der Waals surface area contributed by atoms with Gasteiger partial charge in [-0.2, -0.15) is 0 Å². The first-order valence-electron chi connectivity index (χ1n) is 7.64. The van der Waals surface area contributed by atoms with Crippen molar-refractivity contribution in [3.63, 3.8) is 0 Å². The third kappa shape index (κ3) is 6.28. The Hall–Kier alpha value is -0.770. The number of hydrogen-bond acceptors (Lipinski definition) is 4. The van der Waals surface area contributed by atoms with Crippen LogP contribution in [0.25, 0.3) is 0 Å². The fraction of sp³-hybridized carbons (Fsp3) is 0.800.